The van der Waals surface area contributed by atoms with E-state index in [1.54, 1.807) is 19.2 Å². The van der Waals surface area contributed by atoms with Crippen molar-refractivity contribution >= 4 is 11.8 Å². The first kappa shape index (κ1) is 17.7. The molecule has 2 fully saturated rings. The standard InChI is InChI=1S/C19H27N3O3/c1-25-16-7-5-6-15(14-16)17(23)21-12-8-19(9-13-21,18(20)24)22-10-3-2-4-11-22/h5-7,14H,2-4,8-13H2,1H3,(H2,20,24)/p+1. The topological polar surface area (TPSA) is 77.1 Å². The first-order valence-electron chi connectivity index (χ1n) is 9.15. The zero-order valence-corrected chi connectivity index (χ0v) is 14.9. The van der Waals surface area contributed by atoms with Crippen LogP contribution in [0.25, 0.3) is 0 Å². The van der Waals surface area contributed by atoms with E-state index >= 15 is 0 Å². The highest BCUT2D eigenvalue weighted by Crippen LogP contribution is 2.23. The lowest BCUT2D eigenvalue weighted by atomic mass is 9.83. The van der Waals surface area contributed by atoms with Gasteiger partial charge < -0.3 is 20.3 Å². The van der Waals surface area contributed by atoms with Crippen LogP contribution >= 0.6 is 0 Å². The zero-order valence-electron chi connectivity index (χ0n) is 14.9. The number of amides is 2. The molecule has 6 heteroatoms. The summed E-state index contributed by atoms with van der Waals surface area (Å²) >= 11 is 0. The highest BCUT2D eigenvalue weighted by atomic mass is 16.5. The van der Waals surface area contributed by atoms with Crippen LogP contribution in [0.1, 0.15) is 42.5 Å². The van der Waals surface area contributed by atoms with E-state index in [2.05, 4.69) is 0 Å². The number of methoxy groups -OCH3 is 1. The van der Waals surface area contributed by atoms with E-state index in [9.17, 15) is 9.59 Å². The maximum atomic E-state index is 12.8. The number of nitrogens with zero attached hydrogens (tertiary/aromatic N) is 1. The van der Waals surface area contributed by atoms with Crippen molar-refractivity contribution < 1.29 is 19.2 Å². The lowest BCUT2D eigenvalue weighted by Gasteiger charge is -2.45. The van der Waals surface area contributed by atoms with Crippen LogP contribution in [-0.2, 0) is 4.79 Å². The molecule has 2 aliphatic heterocycles. The summed E-state index contributed by atoms with van der Waals surface area (Å²) < 4.78 is 5.20. The molecule has 0 unspecified atom stereocenters. The van der Waals surface area contributed by atoms with Crippen LogP contribution in [0.5, 0.6) is 5.75 Å². The van der Waals surface area contributed by atoms with Gasteiger partial charge in [0.1, 0.15) is 5.75 Å². The van der Waals surface area contributed by atoms with Crippen LogP contribution in [0, 0.1) is 0 Å². The molecule has 6 nitrogen and oxygen atoms in total. The maximum absolute atomic E-state index is 12.8. The Morgan fingerprint density at radius 1 is 1.16 bits per heavy atom. The van der Waals surface area contributed by atoms with E-state index in [-0.39, 0.29) is 11.8 Å². The second-order valence-corrected chi connectivity index (χ2v) is 7.13. The summed E-state index contributed by atoms with van der Waals surface area (Å²) in [5, 5.41) is 0. The van der Waals surface area contributed by atoms with Crippen LogP contribution in [-0.4, -0.2) is 55.5 Å². The predicted molar refractivity (Wildman–Crippen MR) is 94.6 cm³/mol. The lowest BCUT2D eigenvalue weighted by Crippen LogP contribution is -3.22. The van der Waals surface area contributed by atoms with Crippen LogP contribution in [0.3, 0.4) is 0 Å². The van der Waals surface area contributed by atoms with Gasteiger partial charge in [-0.15, -0.1) is 0 Å². The fourth-order valence-electron chi connectivity index (χ4n) is 4.26. The van der Waals surface area contributed by atoms with Gasteiger partial charge in [-0.2, -0.15) is 0 Å². The number of primary amides is 1. The van der Waals surface area contributed by atoms with Gasteiger partial charge in [0.15, 0.2) is 5.54 Å². The van der Waals surface area contributed by atoms with Crippen molar-refractivity contribution in [3.8, 4) is 5.75 Å². The third-order valence-corrected chi connectivity index (χ3v) is 5.83. The van der Waals surface area contributed by atoms with Gasteiger partial charge in [0.2, 0.25) is 0 Å². The van der Waals surface area contributed by atoms with Crippen LogP contribution in [0.2, 0.25) is 0 Å². The smallest absolute Gasteiger partial charge is 0.278 e. The summed E-state index contributed by atoms with van der Waals surface area (Å²) in [5.74, 6) is 0.454. The molecule has 1 aromatic rings. The molecule has 2 aliphatic rings. The molecule has 0 aromatic heterocycles. The Bertz CT molecular complexity index is 633. The van der Waals surface area contributed by atoms with Gasteiger partial charge in [0, 0.05) is 31.5 Å². The van der Waals surface area contributed by atoms with Crippen LogP contribution in [0.15, 0.2) is 24.3 Å². The highest BCUT2D eigenvalue weighted by molar-refractivity contribution is 5.95. The van der Waals surface area contributed by atoms with Crippen molar-refractivity contribution in [1.29, 1.82) is 0 Å². The summed E-state index contributed by atoms with van der Waals surface area (Å²) in [6.45, 7) is 3.16. The first-order valence-corrected chi connectivity index (χ1v) is 9.15. The highest BCUT2D eigenvalue weighted by Gasteiger charge is 2.49. The number of ether oxygens (including phenoxy) is 1. The molecule has 0 saturated carbocycles. The fraction of sp³-hybridized carbons (Fsp3) is 0.579. The molecule has 0 aliphatic carbocycles. The lowest BCUT2D eigenvalue weighted by molar-refractivity contribution is -0.948. The number of nitrogens with one attached hydrogen (secondary N) is 1. The predicted octanol–water partition coefficient (Wildman–Crippen LogP) is 0.224. The van der Waals surface area contributed by atoms with Gasteiger partial charge in [-0.1, -0.05) is 6.07 Å². The monoisotopic (exact) mass is 346 g/mol. The van der Waals surface area contributed by atoms with Gasteiger partial charge >= 0.3 is 0 Å². The normalized spacial score (nSPS) is 20.9. The molecule has 25 heavy (non-hydrogen) atoms. The molecule has 0 radical (unpaired) electrons. The Hall–Kier alpha value is -2.08. The van der Waals surface area contributed by atoms with Crippen LogP contribution in [0.4, 0.5) is 0 Å². The van der Waals surface area contributed by atoms with Crippen molar-refractivity contribution in [2.45, 2.75) is 37.6 Å². The van der Waals surface area contributed by atoms with Gasteiger partial charge in [0.05, 0.1) is 20.2 Å². The van der Waals surface area contributed by atoms with Gasteiger partial charge in [-0.25, -0.2) is 0 Å². The Morgan fingerprint density at radius 2 is 1.84 bits per heavy atom. The van der Waals surface area contributed by atoms with Crippen LogP contribution < -0.4 is 15.4 Å². The number of carbonyl (C=O) groups excluding carboxylic acids is 2. The van der Waals surface area contributed by atoms with E-state index in [0.717, 1.165) is 25.9 Å². The summed E-state index contributed by atoms with van der Waals surface area (Å²) in [4.78, 5) is 28.2. The van der Waals surface area contributed by atoms with Crippen molar-refractivity contribution in [1.82, 2.24) is 4.90 Å². The summed E-state index contributed by atoms with van der Waals surface area (Å²) in [7, 11) is 1.59. The summed E-state index contributed by atoms with van der Waals surface area (Å²) in [6, 6.07) is 7.21. The summed E-state index contributed by atoms with van der Waals surface area (Å²) in [5.41, 5.74) is 5.94. The summed E-state index contributed by atoms with van der Waals surface area (Å²) in [6.07, 6.45) is 4.83. The number of nitrogens with two attached hydrogens (primary N) is 1. The van der Waals surface area contributed by atoms with E-state index in [0.29, 0.717) is 37.2 Å². The van der Waals surface area contributed by atoms with Crippen molar-refractivity contribution in [3.05, 3.63) is 29.8 Å². The molecule has 3 rings (SSSR count). The number of piperidine rings is 2. The molecule has 1 aromatic carbocycles. The molecule has 2 heterocycles. The second-order valence-electron chi connectivity index (χ2n) is 7.13. The molecule has 0 bridgehead atoms. The van der Waals surface area contributed by atoms with Gasteiger partial charge in [-0.3, -0.25) is 9.59 Å². The molecule has 2 saturated heterocycles. The number of quaternary nitrogens is 1. The van der Waals surface area contributed by atoms with Crippen molar-refractivity contribution in [2.24, 2.45) is 5.73 Å². The number of hydrogen-bond acceptors (Lipinski definition) is 3. The average Bonchev–Trinajstić information content (AvgIpc) is 2.68. The van der Waals surface area contributed by atoms with Gasteiger partial charge in [0.25, 0.3) is 11.8 Å². The molecular weight excluding hydrogens is 318 g/mol. The fourth-order valence-corrected chi connectivity index (χ4v) is 4.26. The average molecular weight is 346 g/mol. The molecule has 3 N–H and O–H groups in total. The number of carbonyl (C=O) groups is 2. The molecule has 136 valence electrons. The number of benzene rings is 1. The second kappa shape index (κ2) is 7.44. The molecule has 2 amide bonds. The minimum Gasteiger partial charge on any atom is -0.497 e. The minimum atomic E-state index is -0.508. The Labute approximate surface area is 148 Å². The SMILES string of the molecule is COc1cccc(C(=O)N2CCC(C(N)=O)([NH+]3CCCCC3)CC2)c1. The first-order chi connectivity index (χ1) is 12.1. The van der Waals surface area contributed by atoms with Crippen molar-refractivity contribution in [3.63, 3.8) is 0 Å². The Kier molecular flexibility index (Phi) is 5.27. The molecule has 0 atom stereocenters. The molecule has 0 spiro atoms. The molecular formula is C19H28N3O3+. The van der Waals surface area contributed by atoms with Gasteiger partial charge in [-0.05, 0) is 37.5 Å². The van der Waals surface area contributed by atoms with E-state index < -0.39 is 5.54 Å². The maximum Gasteiger partial charge on any atom is 0.278 e. The Balaban J connectivity index is 1.70. The van der Waals surface area contributed by atoms with Crippen molar-refractivity contribution in [2.75, 3.05) is 33.3 Å². The third-order valence-electron chi connectivity index (χ3n) is 5.83. The Morgan fingerprint density at radius 3 is 2.44 bits per heavy atom. The van der Waals surface area contributed by atoms with E-state index in [1.807, 2.05) is 17.0 Å². The zero-order chi connectivity index (χ0) is 17.9. The van der Waals surface area contributed by atoms with E-state index in [4.69, 9.17) is 10.5 Å². The number of likely N-dealkylation sites (tertiary alicyclic amines) is 2. The number of rotatable bonds is 4. The quantitative estimate of drug-likeness (QED) is 0.819. The minimum absolute atomic E-state index is 0.00869. The van der Waals surface area contributed by atoms with E-state index in [1.165, 1.54) is 11.3 Å². The third kappa shape index (κ3) is 3.49. The largest absolute Gasteiger partial charge is 0.497 e. The number of hydrogen-bond donors (Lipinski definition) is 2.